The molecule has 1 heterocycles. The molecule has 0 radical (unpaired) electrons. The smallest absolute Gasteiger partial charge is 0.119 e. The lowest BCUT2D eigenvalue weighted by Gasteiger charge is -2.09. The van der Waals surface area contributed by atoms with Crippen molar-refractivity contribution in [1.29, 1.82) is 0 Å². The fraction of sp³-hybridized carbons (Fsp3) is 0.231. The molecule has 0 saturated heterocycles. The second kappa shape index (κ2) is 5.37. The van der Waals surface area contributed by atoms with E-state index in [1.165, 1.54) is 0 Å². The molecule has 84 valence electrons. The summed E-state index contributed by atoms with van der Waals surface area (Å²) in [4.78, 5) is 0. The summed E-state index contributed by atoms with van der Waals surface area (Å²) in [6, 6.07) is 13.6. The average molecular weight is 217 g/mol. The van der Waals surface area contributed by atoms with Crippen molar-refractivity contribution in [3.63, 3.8) is 0 Å². The number of para-hydroxylation sites is 1. The van der Waals surface area contributed by atoms with Gasteiger partial charge in [0.1, 0.15) is 12.4 Å². The van der Waals surface area contributed by atoms with Gasteiger partial charge >= 0.3 is 0 Å². The first-order valence-corrected chi connectivity index (χ1v) is 5.33. The van der Waals surface area contributed by atoms with Crippen LogP contribution in [0.5, 0.6) is 5.75 Å². The molecule has 0 spiro atoms. The molecular formula is C13H15NO2. The van der Waals surface area contributed by atoms with Gasteiger partial charge < -0.3 is 14.4 Å². The highest BCUT2D eigenvalue weighted by Crippen LogP contribution is 2.08. The number of aliphatic hydroxyl groups excluding tert-OH is 1. The molecule has 0 unspecified atom stereocenters. The number of nitrogens with zero attached hydrogens (tertiary/aromatic N) is 1. The van der Waals surface area contributed by atoms with Crippen LogP contribution in [-0.4, -0.2) is 16.3 Å². The molecule has 0 bridgehead atoms. The molecule has 2 rings (SSSR count). The fourth-order valence-corrected chi connectivity index (χ4v) is 1.59. The standard InChI is InChI=1S/C13H15NO2/c15-11-12-5-4-8-14(12)9-10-16-13-6-2-1-3-7-13/h1-8,15H,9-11H2. The summed E-state index contributed by atoms with van der Waals surface area (Å²) < 4.78 is 7.57. The van der Waals surface area contributed by atoms with Crippen LogP contribution in [0.2, 0.25) is 0 Å². The molecule has 3 heteroatoms. The van der Waals surface area contributed by atoms with E-state index < -0.39 is 0 Å². The van der Waals surface area contributed by atoms with Crippen LogP contribution in [0.3, 0.4) is 0 Å². The second-order valence-electron chi connectivity index (χ2n) is 3.51. The lowest BCUT2D eigenvalue weighted by Crippen LogP contribution is -2.09. The Kier molecular flexibility index (Phi) is 3.62. The molecule has 3 nitrogen and oxygen atoms in total. The van der Waals surface area contributed by atoms with Crippen LogP contribution in [0.15, 0.2) is 48.7 Å². The zero-order valence-corrected chi connectivity index (χ0v) is 9.04. The Bertz CT molecular complexity index is 423. The molecule has 0 amide bonds. The van der Waals surface area contributed by atoms with Gasteiger partial charge in [-0.1, -0.05) is 18.2 Å². The van der Waals surface area contributed by atoms with Crippen molar-refractivity contribution in [2.75, 3.05) is 6.61 Å². The van der Waals surface area contributed by atoms with E-state index in [2.05, 4.69) is 0 Å². The topological polar surface area (TPSA) is 34.4 Å². The minimum Gasteiger partial charge on any atom is -0.492 e. The maximum atomic E-state index is 9.06. The van der Waals surface area contributed by atoms with E-state index in [0.717, 1.165) is 18.0 Å². The van der Waals surface area contributed by atoms with Crippen molar-refractivity contribution in [3.05, 3.63) is 54.4 Å². The number of ether oxygens (including phenoxy) is 1. The summed E-state index contributed by atoms with van der Waals surface area (Å²) in [7, 11) is 0. The molecule has 1 aromatic heterocycles. The third-order valence-corrected chi connectivity index (χ3v) is 2.43. The van der Waals surface area contributed by atoms with Crippen LogP contribution in [0.4, 0.5) is 0 Å². The number of aromatic nitrogens is 1. The lowest BCUT2D eigenvalue weighted by atomic mass is 10.3. The van der Waals surface area contributed by atoms with E-state index in [-0.39, 0.29) is 6.61 Å². The number of aliphatic hydroxyl groups is 1. The Hall–Kier alpha value is -1.74. The number of benzene rings is 1. The van der Waals surface area contributed by atoms with Gasteiger partial charge in [0.05, 0.1) is 13.2 Å². The molecule has 16 heavy (non-hydrogen) atoms. The minimum absolute atomic E-state index is 0.0678. The number of hydrogen-bond acceptors (Lipinski definition) is 2. The molecule has 0 aliphatic rings. The van der Waals surface area contributed by atoms with Crippen molar-refractivity contribution in [1.82, 2.24) is 4.57 Å². The Labute approximate surface area is 94.9 Å². The van der Waals surface area contributed by atoms with Gasteiger partial charge in [-0.15, -0.1) is 0 Å². The lowest BCUT2D eigenvalue weighted by molar-refractivity contribution is 0.259. The zero-order chi connectivity index (χ0) is 11.2. The van der Waals surface area contributed by atoms with E-state index in [4.69, 9.17) is 9.84 Å². The zero-order valence-electron chi connectivity index (χ0n) is 9.04. The monoisotopic (exact) mass is 217 g/mol. The Morgan fingerprint density at radius 2 is 1.88 bits per heavy atom. The average Bonchev–Trinajstić information content (AvgIpc) is 2.78. The summed E-state index contributed by atoms with van der Waals surface area (Å²) in [5.74, 6) is 0.875. The molecule has 2 aromatic rings. The number of hydrogen-bond donors (Lipinski definition) is 1. The highest BCUT2D eigenvalue weighted by molar-refractivity contribution is 5.20. The minimum atomic E-state index is 0.0678. The molecule has 1 N–H and O–H groups in total. The number of rotatable bonds is 5. The maximum Gasteiger partial charge on any atom is 0.119 e. The van der Waals surface area contributed by atoms with E-state index in [1.54, 1.807) is 0 Å². The molecule has 0 aliphatic heterocycles. The largest absolute Gasteiger partial charge is 0.492 e. The van der Waals surface area contributed by atoms with Gasteiger partial charge in [-0.25, -0.2) is 0 Å². The van der Waals surface area contributed by atoms with Crippen LogP contribution in [-0.2, 0) is 13.2 Å². The van der Waals surface area contributed by atoms with Gasteiger partial charge in [0.15, 0.2) is 0 Å². The highest BCUT2D eigenvalue weighted by Gasteiger charge is 1.99. The van der Waals surface area contributed by atoms with Crippen molar-refractivity contribution < 1.29 is 9.84 Å². The van der Waals surface area contributed by atoms with Gasteiger partial charge in [-0.2, -0.15) is 0 Å². The van der Waals surface area contributed by atoms with Crippen LogP contribution in [0.1, 0.15) is 5.69 Å². The van der Waals surface area contributed by atoms with Gasteiger partial charge in [-0.3, -0.25) is 0 Å². The van der Waals surface area contributed by atoms with E-state index in [0.29, 0.717) is 6.61 Å². The first-order chi connectivity index (χ1) is 7.90. The Morgan fingerprint density at radius 1 is 1.06 bits per heavy atom. The highest BCUT2D eigenvalue weighted by atomic mass is 16.5. The van der Waals surface area contributed by atoms with Crippen molar-refractivity contribution in [3.8, 4) is 5.75 Å². The van der Waals surface area contributed by atoms with Crippen molar-refractivity contribution in [2.45, 2.75) is 13.2 Å². The summed E-state index contributed by atoms with van der Waals surface area (Å²) >= 11 is 0. The summed E-state index contributed by atoms with van der Waals surface area (Å²) in [5, 5.41) is 9.06. The van der Waals surface area contributed by atoms with Crippen molar-refractivity contribution >= 4 is 0 Å². The van der Waals surface area contributed by atoms with Gasteiger partial charge in [-0.05, 0) is 24.3 Å². The molecule has 0 saturated carbocycles. The third kappa shape index (κ3) is 2.64. The Morgan fingerprint density at radius 3 is 2.62 bits per heavy atom. The second-order valence-corrected chi connectivity index (χ2v) is 3.51. The van der Waals surface area contributed by atoms with E-state index in [1.807, 2.05) is 53.2 Å². The summed E-state index contributed by atoms with van der Waals surface area (Å²) in [6.07, 6.45) is 1.94. The Balaban J connectivity index is 1.85. The molecule has 1 aromatic carbocycles. The SMILES string of the molecule is OCc1cccn1CCOc1ccccc1. The van der Waals surface area contributed by atoms with Gasteiger partial charge in [0.25, 0.3) is 0 Å². The quantitative estimate of drug-likeness (QED) is 0.831. The van der Waals surface area contributed by atoms with Crippen molar-refractivity contribution in [2.24, 2.45) is 0 Å². The van der Waals surface area contributed by atoms with E-state index in [9.17, 15) is 0 Å². The molecule has 0 fully saturated rings. The summed E-state index contributed by atoms with van der Waals surface area (Å²) in [6.45, 7) is 1.42. The van der Waals surface area contributed by atoms with Crippen LogP contribution in [0, 0.1) is 0 Å². The first kappa shape index (κ1) is 10.8. The first-order valence-electron chi connectivity index (χ1n) is 5.33. The molecule has 0 atom stereocenters. The third-order valence-electron chi connectivity index (χ3n) is 2.43. The van der Waals surface area contributed by atoms with Gasteiger partial charge in [0, 0.05) is 11.9 Å². The van der Waals surface area contributed by atoms with Crippen LogP contribution in [0.25, 0.3) is 0 Å². The van der Waals surface area contributed by atoms with Gasteiger partial charge in [0.2, 0.25) is 0 Å². The molecule has 0 aliphatic carbocycles. The van der Waals surface area contributed by atoms with Crippen LogP contribution >= 0.6 is 0 Å². The summed E-state index contributed by atoms with van der Waals surface area (Å²) in [5.41, 5.74) is 0.914. The molecular weight excluding hydrogens is 202 g/mol. The van der Waals surface area contributed by atoms with Crippen LogP contribution < -0.4 is 4.74 Å². The normalized spacial score (nSPS) is 10.3. The van der Waals surface area contributed by atoms with E-state index >= 15 is 0 Å². The maximum absolute atomic E-state index is 9.06. The fourth-order valence-electron chi connectivity index (χ4n) is 1.59. The predicted octanol–water partition coefficient (Wildman–Crippen LogP) is 2.06. The predicted molar refractivity (Wildman–Crippen MR) is 62.3 cm³/mol.